The maximum absolute atomic E-state index is 11.8. The lowest BCUT2D eigenvalue weighted by Crippen LogP contribution is -2.27. The van der Waals surface area contributed by atoms with Gasteiger partial charge in [-0.25, -0.2) is 4.79 Å². The fourth-order valence-electron chi connectivity index (χ4n) is 2.43. The first-order chi connectivity index (χ1) is 9.83. The Hall–Kier alpha value is -1.26. The third-order valence-electron chi connectivity index (χ3n) is 3.36. The van der Waals surface area contributed by atoms with Crippen LogP contribution in [0.3, 0.4) is 0 Å². The summed E-state index contributed by atoms with van der Waals surface area (Å²) >= 11 is 6.25. The smallest absolute Gasteiger partial charge is 0.412 e. The molecule has 1 aliphatic rings. The van der Waals surface area contributed by atoms with E-state index in [9.17, 15) is 4.79 Å². The molecule has 0 aromatic heterocycles. The minimum Gasteiger partial charge on any atom is -0.444 e. The lowest BCUT2D eigenvalue weighted by molar-refractivity contribution is 0.0636. The number of anilines is 1. The van der Waals surface area contributed by atoms with Crippen molar-refractivity contribution < 1.29 is 9.53 Å². The van der Waals surface area contributed by atoms with Crippen LogP contribution >= 0.6 is 11.6 Å². The maximum atomic E-state index is 11.8. The van der Waals surface area contributed by atoms with Gasteiger partial charge in [0.2, 0.25) is 0 Å². The van der Waals surface area contributed by atoms with Crippen LogP contribution in [0.2, 0.25) is 5.02 Å². The summed E-state index contributed by atoms with van der Waals surface area (Å²) in [4.78, 5) is 11.8. The Morgan fingerprint density at radius 1 is 1.48 bits per heavy atom. The zero-order valence-electron chi connectivity index (χ0n) is 12.8. The van der Waals surface area contributed by atoms with E-state index in [1.165, 1.54) is 6.42 Å². The van der Waals surface area contributed by atoms with Crippen LogP contribution in [-0.4, -0.2) is 24.8 Å². The number of carbonyl (C=O) groups is 1. The van der Waals surface area contributed by atoms with Crippen LogP contribution in [0.1, 0.15) is 32.8 Å². The molecular weight excluding hydrogens is 288 g/mol. The number of nitrogens with one attached hydrogen (secondary N) is 2. The third kappa shape index (κ3) is 5.21. The minimum atomic E-state index is -0.505. The number of benzene rings is 1. The van der Waals surface area contributed by atoms with Gasteiger partial charge in [0, 0.05) is 10.7 Å². The molecular formula is C16H23ClN2O2. The fraction of sp³-hybridized carbons (Fsp3) is 0.562. The first-order valence-corrected chi connectivity index (χ1v) is 7.70. The summed E-state index contributed by atoms with van der Waals surface area (Å²) in [7, 11) is 0. The number of hydrogen-bond donors (Lipinski definition) is 2. The van der Waals surface area contributed by atoms with Crippen LogP contribution in [-0.2, 0) is 11.2 Å². The lowest BCUT2D eigenvalue weighted by Gasteiger charge is -2.20. The van der Waals surface area contributed by atoms with Crippen molar-refractivity contribution in [3.8, 4) is 0 Å². The summed E-state index contributed by atoms with van der Waals surface area (Å²) in [5.74, 6) is 0.610. The second kappa shape index (κ2) is 6.67. The molecule has 1 saturated heterocycles. The SMILES string of the molecule is CC(C)(C)OC(=O)Nc1ccc(Cl)c(CC2CCNC2)c1. The Balaban J connectivity index is 2.02. The molecule has 0 radical (unpaired) electrons. The number of halogens is 1. The molecule has 116 valence electrons. The van der Waals surface area contributed by atoms with Gasteiger partial charge in [0.1, 0.15) is 5.60 Å². The average molecular weight is 311 g/mol. The van der Waals surface area contributed by atoms with Gasteiger partial charge < -0.3 is 10.1 Å². The van der Waals surface area contributed by atoms with Crippen LogP contribution in [0.4, 0.5) is 10.5 Å². The molecule has 1 aromatic carbocycles. The normalized spacial score (nSPS) is 18.6. The van der Waals surface area contributed by atoms with Crippen LogP contribution in [0.25, 0.3) is 0 Å². The van der Waals surface area contributed by atoms with Gasteiger partial charge in [-0.3, -0.25) is 5.32 Å². The van der Waals surface area contributed by atoms with Crippen LogP contribution < -0.4 is 10.6 Å². The van der Waals surface area contributed by atoms with Gasteiger partial charge in [-0.1, -0.05) is 11.6 Å². The molecule has 1 unspecified atom stereocenters. The Morgan fingerprint density at radius 3 is 2.86 bits per heavy atom. The zero-order chi connectivity index (χ0) is 15.5. The van der Waals surface area contributed by atoms with E-state index in [1.807, 2.05) is 32.9 Å². The van der Waals surface area contributed by atoms with Gasteiger partial charge in [-0.2, -0.15) is 0 Å². The summed E-state index contributed by atoms with van der Waals surface area (Å²) in [5, 5.41) is 6.85. The van der Waals surface area contributed by atoms with Crippen molar-refractivity contribution >= 4 is 23.4 Å². The second-order valence-corrected chi connectivity index (χ2v) is 6.90. The molecule has 0 saturated carbocycles. The van der Waals surface area contributed by atoms with Crippen molar-refractivity contribution in [3.05, 3.63) is 28.8 Å². The molecule has 1 atom stereocenters. The van der Waals surface area contributed by atoms with E-state index in [4.69, 9.17) is 16.3 Å². The summed E-state index contributed by atoms with van der Waals surface area (Å²) < 4.78 is 5.25. The Bertz CT molecular complexity index is 505. The number of amides is 1. The van der Waals surface area contributed by atoms with Crippen molar-refractivity contribution in [3.63, 3.8) is 0 Å². The van der Waals surface area contributed by atoms with Gasteiger partial charge in [-0.05, 0) is 76.4 Å². The summed E-state index contributed by atoms with van der Waals surface area (Å²) in [6, 6.07) is 5.55. The van der Waals surface area contributed by atoms with E-state index in [0.717, 1.165) is 35.8 Å². The molecule has 0 aliphatic carbocycles. The average Bonchev–Trinajstić information content (AvgIpc) is 2.84. The molecule has 2 rings (SSSR count). The van der Waals surface area contributed by atoms with Gasteiger partial charge in [0.15, 0.2) is 0 Å². The quantitative estimate of drug-likeness (QED) is 0.892. The molecule has 21 heavy (non-hydrogen) atoms. The first-order valence-electron chi connectivity index (χ1n) is 7.32. The first kappa shape index (κ1) is 16.1. The summed E-state index contributed by atoms with van der Waals surface area (Å²) in [6.45, 7) is 7.62. The van der Waals surface area contributed by atoms with E-state index < -0.39 is 11.7 Å². The highest BCUT2D eigenvalue weighted by molar-refractivity contribution is 6.31. The minimum absolute atomic E-state index is 0.446. The number of ether oxygens (including phenoxy) is 1. The van der Waals surface area contributed by atoms with Crippen molar-refractivity contribution in [1.29, 1.82) is 0 Å². The zero-order valence-corrected chi connectivity index (χ0v) is 13.6. The van der Waals surface area contributed by atoms with Gasteiger partial charge >= 0.3 is 6.09 Å². The van der Waals surface area contributed by atoms with E-state index in [-0.39, 0.29) is 0 Å². The molecule has 2 N–H and O–H groups in total. The van der Waals surface area contributed by atoms with Gasteiger partial charge in [0.05, 0.1) is 0 Å². The third-order valence-corrected chi connectivity index (χ3v) is 3.73. The molecule has 0 bridgehead atoms. The largest absolute Gasteiger partial charge is 0.444 e. The summed E-state index contributed by atoms with van der Waals surface area (Å²) in [6.07, 6.45) is 1.65. The van der Waals surface area contributed by atoms with Crippen molar-refractivity contribution in [2.75, 3.05) is 18.4 Å². The number of carbonyl (C=O) groups excluding carboxylic acids is 1. The van der Waals surface area contributed by atoms with E-state index >= 15 is 0 Å². The lowest BCUT2D eigenvalue weighted by atomic mass is 9.98. The highest BCUT2D eigenvalue weighted by atomic mass is 35.5. The van der Waals surface area contributed by atoms with Crippen molar-refractivity contribution in [2.24, 2.45) is 5.92 Å². The molecule has 4 nitrogen and oxygen atoms in total. The molecule has 1 fully saturated rings. The molecule has 1 amide bonds. The molecule has 5 heteroatoms. The summed E-state index contributed by atoms with van der Waals surface area (Å²) in [5.41, 5.74) is 1.28. The van der Waals surface area contributed by atoms with Crippen molar-refractivity contribution in [2.45, 2.75) is 39.2 Å². The predicted molar refractivity (Wildman–Crippen MR) is 86.0 cm³/mol. The van der Waals surface area contributed by atoms with Gasteiger partial charge in [-0.15, -0.1) is 0 Å². The Morgan fingerprint density at radius 2 is 2.24 bits per heavy atom. The maximum Gasteiger partial charge on any atom is 0.412 e. The monoisotopic (exact) mass is 310 g/mol. The van der Waals surface area contributed by atoms with Crippen LogP contribution in [0, 0.1) is 5.92 Å². The number of hydrogen-bond acceptors (Lipinski definition) is 3. The Kier molecular flexibility index (Phi) is 5.12. The van der Waals surface area contributed by atoms with Crippen LogP contribution in [0.5, 0.6) is 0 Å². The molecule has 1 heterocycles. The van der Waals surface area contributed by atoms with E-state index in [0.29, 0.717) is 5.92 Å². The molecule has 1 aliphatic heterocycles. The van der Waals surface area contributed by atoms with Crippen LogP contribution in [0.15, 0.2) is 18.2 Å². The molecule has 0 spiro atoms. The van der Waals surface area contributed by atoms with E-state index in [2.05, 4.69) is 10.6 Å². The molecule has 1 aromatic rings. The Labute approximate surface area is 131 Å². The van der Waals surface area contributed by atoms with Gasteiger partial charge in [0.25, 0.3) is 0 Å². The van der Waals surface area contributed by atoms with E-state index in [1.54, 1.807) is 6.07 Å². The highest BCUT2D eigenvalue weighted by Gasteiger charge is 2.18. The predicted octanol–water partition coefficient (Wildman–Crippen LogP) is 3.84. The van der Waals surface area contributed by atoms with Crippen molar-refractivity contribution in [1.82, 2.24) is 5.32 Å². The second-order valence-electron chi connectivity index (χ2n) is 6.50. The number of rotatable bonds is 3. The standard InChI is InChI=1S/C16H23ClN2O2/c1-16(2,3)21-15(20)19-13-4-5-14(17)12(9-13)8-11-6-7-18-10-11/h4-5,9,11,18H,6-8,10H2,1-3H3,(H,19,20). The fourth-order valence-corrected chi connectivity index (χ4v) is 2.62. The highest BCUT2D eigenvalue weighted by Crippen LogP contribution is 2.25. The topological polar surface area (TPSA) is 50.4 Å².